The third kappa shape index (κ3) is 4.19. The Kier molecular flexibility index (Phi) is 6.00. The summed E-state index contributed by atoms with van der Waals surface area (Å²) in [4.78, 5) is 37.8. The monoisotopic (exact) mass is 462 g/mol. The Morgan fingerprint density at radius 1 is 1.24 bits per heavy atom. The molecule has 0 amide bonds. The molecule has 1 unspecified atom stereocenters. The Labute approximate surface area is 197 Å². The summed E-state index contributed by atoms with van der Waals surface area (Å²) in [7, 11) is 0. The Morgan fingerprint density at radius 3 is 2.62 bits per heavy atom. The van der Waals surface area contributed by atoms with Crippen LogP contribution in [0.25, 0.3) is 0 Å². The van der Waals surface area contributed by atoms with Gasteiger partial charge in [-0.1, -0.05) is 44.2 Å². The third-order valence-electron chi connectivity index (χ3n) is 6.47. The first-order valence-electron chi connectivity index (χ1n) is 11.0. The van der Waals surface area contributed by atoms with E-state index in [0.717, 1.165) is 5.56 Å². The lowest BCUT2D eigenvalue weighted by Crippen LogP contribution is -2.40. The van der Waals surface area contributed by atoms with Crippen molar-refractivity contribution in [3.8, 4) is 5.75 Å². The number of carbonyl (C=O) groups is 2. The Bertz CT molecular complexity index is 1240. The first-order valence-corrected chi connectivity index (χ1v) is 11.0. The zero-order valence-electron chi connectivity index (χ0n) is 19.3. The lowest BCUT2D eigenvalue weighted by molar-refractivity contribution is -0.384. The predicted octanol–water partition coefficient (Wildman–Crippen LogP) is 4.65. The van der Waals surface area contributed by atoms with Gasteiger partial charge in [0, 0.05) is 40.1 Å². The predicted molar refractivity (Wildman–Crippen MR) is 125 cm³/mol. The van der Waals surface area contributed by atoms with Crippen molar-refractivity contribution in [1.82, 2.24) is 5.32 Å². The number of phenolic OH excluding ortho intramolecular Hbond substituents is 1. The number of esters is 1. The summed E-state index contributed by atoms with van der Waals surface area (Å²) in [6, 6.07) is 12.8. The van der Waals surface area contributed by atoms with Crippen LogP contribution in [0.3, 0.4) is 0 Å². The molecule has 0 bridgehead atoms. The highest BCUT2D eigenvalue weighted by Gasteiger charge is 2.46. The summed E-state index contributed by atoms with van der Waals surface area (Å²) in [5, 5.41) is 25.4. The number of benzene rings is 2. The molecule has 2 aromatic rings. The second kappa shape index (κ2) is 8.78. The SMILES string of the molecule is CC1=C(C(=O)OCc2ccccc2)C(c2cc([N+](=O)[O-])ccc2O)C2=C(CCC(C)(C)C2=O)N1. The summed E-state index contributed by atoms with van der Waals surface area (Å²) >= 11 is 0. The number of nitrogens with one attached hydrogen (secondary N) is 1. The third-order valence-corrected chi connectivity index (χ3v) is 6.47. The van der Waals surface area contributed by atoms with Crippen molar-refractivity contribution in [2.24, 2.45) is 5.41 Å². The van der Waals surface area contributed by atoms with Crippen molar-refractivity contribution in [1.29, 1.82) is 0 Å². The van der Waals surface area contributed by atoms with Gasteiger partial charge in [0.05, 0.1) is 16.4 Å². The average Bonchev–Trinajstić information content (AvgIpc) is 2.80. The molecule has 1 heterocycles. The van der Waals surface area contributed by atoms with Crippen LogP contribution in [0.2, 0.25) is 0 Å². The van der Waals surface area contributed by atoms with Crippen LogP contribution in [-0.2, 0) is 20.9 Å². The number of nitro benzene ring substituents is 1. The Balaban J connectivity index is 1.83. The molecule has 8 heteroatoms. The van der Waals surface area contributed by atoms with Gasteiger partial charge in [0.25, 0.3) is 5.69 Å². The molecule has 0 fully saturated rings. The molecule has 0 saturated carbocycles. The van der Waals surface area contributed by atoms with Gasteiger partial charge in [-0.3, -0.25) is 14.9 Å². The number of ether oxygens (including phenoxy) is 1. The number of dihydropyridines is 1. The van der Waals surface area contributed by atoms with Gasteiger partial charge in [-0.05, 0) is 31.4 Å². The molecule has 0 saturated heterocycles. The number of nitro groups is 1. The maximum absolute atomic E-state index is 13.6. The number of non-ortho nitro benzene ring substituents is 1. The largest absolute Gasteiger partial charge is 0.508 e. The average molecular weight is 463 g/mol. The maximum atomic E-state index is 13.6. The number of hydrogen-bond acceptors (Lipinski definition) is 7. The Morgan fingerprint density at radius 2 is 1.94 bits per heavy atom. The number of Topliss-reactive ketones (excluding diaryl/α,β-unsaturated/α-hetero) is 1. The smallest absolute Gasteiger partial charge is 0.337 e. The molecule has 8 nitrogen and oxygen atoms in total. The molecule has 1 aliphatic heterocycles. The summed E-state index contributed by atoms with van der Waals surface area (Å²) in [6.45, 7) is 5.40. The highest BCUT2D eigenvalue weighted by atomic mass is 16.6. The molecular formula is C26H26N2O6. The van der Waals surface area contributed by atoms with E-state index in [-0.39, 0.29) is 35.0 Å². The van der Waals surface area contributed by atoms with E-state index in [0.29, 0.717) is 29.8 Å². The van der Waals surface area contributed by atoms with Gasteiger partial charge in [-0.15, -0.1) is 0 Å². The number of aromatic hydroxyl groups is 1. The fraction of sp³-hybridized carbons (Fsp3) is 0.308. The lowest BCUT2D eigenvalue weighted by Gasteiger charge is -2.39. The van der Waals surface area contributed by atoms with Crippen molar-refractivity contribution < 1.29 is 24.4 Å². The summed E-state index contributed by atoms with van der Waals surface area (Å²) in [5.74, 6) is -2.06. The van der Waals surface area contributed by atoms with E-state index in [4.69, 9.17) is 4.74 Å². The van der Waals surface area contributed by atoms with Crippen molar-refractivity contribution in [3.05, 3.63) is 92.3 Å². The number of phenols is 1. The number of rotatable bonds is 5. The fourth-order valence-electron chi connectivity index (χ4n) is 4.55. The molecule has 1 atom stereocenters. The van der Waals surface area contributed by atoms with E-state index in [1.807, 2.05) is 44.2 Å². The van der Waals surface area contributed by atoms with Crippen LogP contribution in [0.15, 0.2) is 71.1 Å². The van der Waals surface area contributed by atoms with E-state index < -0.39 is 22.2 Å². The van der Waals surface area contributed by atoms with Crippen LogP contribution in [0.4, 0.5) is 5.69 Å². The molecule has 0 aromatic heterocycles. The highest BCUT2D eigenvalue weighted by Crippen LogP contribution is 2.49. The van der Waals surface area contributed by atoms with E-state index in [9.17, 15) is 24.8 Å². The van der Waals surface area contributed by atoms with Crippen LogP contribution in [0.1, 0.15) is 50.7 Å². The normalized spacial score (nSPS) is 19.4. The highest BCUT2D eigenvalue weighted by molar-refractivity contribution is 6.06. The van der Waals surface area contributed by atoms with Gasteiger partial charge in [-0.25, -0.2) is 4.79 Å². The van der Waals surface area contributed by atoms with Gasteiger partial charge in [-0.2, -0.15) is 0 Å². The number of hydrogen-bond donors (Lipinski definition) is 2. The molecule has 176 valence electrons. The van der Waals surface area contributed by atoms with Crippen molar-refractivity contribution in [3.63, 3.8) is 0 Å². The molecule has 4 rings (SSSR count). The summed E-state index contributed by atoms with van der Waals surface area (Å²) in [5.41, 5.74) is 1.63. The zero-order chi connectivity index (χ0) is 24.6. The van der Waals surface area contributed by atoms with Crippen LogP contribution >= 0.6 is 0 Å². The second-order valence-electron chi connectivity index (χ2n) is 9.26. The van der Waals surface area contributed by atoms with Crippen LogP contribution < -0.4 is 5.32 Å². The quantitative estimate of drug-likeness (QED) is 0.377. The summed E-state index contributed by atoms with van der Waals surface area (Å²) in [6.07, 6.45) is 1.19. The first-order chi connectivity index (χ1) is 16.1. The molecule has 0 radical (unpaired) electrons. The molecule has 1 aliphatic carbocycles. The van der Waals surface area contributed by atoms with Crippen LogP contribution in [-0.4, -0.2) is 21.8 Å². The Hall–Kier alpha value is -3.94. The number of ketones is 1. The first kappa shape index (κ1) is 23.2. The second-order valence-corrected chi connectivity index (χ2v) is 9.26. The molecule has 2 aromatic carbocycles. The van der Waals surface area contributed by atoms with Gasteiger partial charge >= 0.3 is 5.97 Å². The van der Waals surface area contributed by atoms with Gasteiger partial charge in [0.2, 0.25) is 0 Å². The minimum atomic E-state index is -0.994. The molecule has 2 aliphatic rings. The number of carbonyl (C=O) groups excluding carboxylic acids is 2. The maximum Gasteiger partial charge on any atom is 0.337 e. The minimum absolute atomic E-state index is 0.0233. The fourth-order valence-corrected chi connectivity index (χ4v) is 4.55. The van der Waals surface area contributed by atoms with Crippen molar-refractivity contribution in [2.45, 2.75) is 46.1 Å². The van der Waals surface area contributed by atoms with Crippen LogP contribution in [0.5, 0.6) is 5.75 Å². The van der Waals surface area contributed by atoms with Crippen LogP contribution in [0, 0.1) is 15.5 Å². The number of allylic oxidation sites excluding steroid dienone is 3. The van der Waals surface area contributed by atoms with Gasteiger partial charge in [0.15, 0.2) is 5.78 Å². The molecule has 2 N–H and O–H groups in total. The van der Waals surface area contributed by atoms with Gasteiger partial charge in [0.1, 0.15) is 12.4 Å². The molecular weight excluding hydrogens is 436 g/mol. The zero-order valence-corrected chi connectivity index (χ0v) is 19.3. The summed E-state index contributed by atoms with van der Waals surface area (Å²) < 4.78 is 5.59. The van der Waals surface area contributed by atoms with E-state index >= 15 is 0 Å². The van der Waals surface area contributed by atoms with E-state index in [1.165, 1.54) is 18.2 Å². The van der Waals surface area contributed by atoms with E-state index in [1.54, 1.807) is 6.92 Å². The minimum Gasteiger partial charge on any atom is -0.508 e. The molecule has 34 heavy (non-hydrogen) atoms. The number of nitrogens with zero attached hydrogens (tertiary/aromatic N) is 1. The van der Waals surface area contributed by atoms with Gasteiger partial charge < -0.3 is 15.2 Å². The lowest BCUT2D eigenvalue weighted by atomic mass is 9.67. The van der Waals surface area contributed by atoms with Crippen molar-refractivity contribution >= 4 is 17.4 Å². The standard InChI is InChI=1S/C26H26N2O6/c1-15-21(25(31)34-14-16-7-5-4-6-8-16)22(18-13-17(28(32)33)9-10-20(18)29)23-19(27-15)11-12-26(2,3)24(23)30/h4-10,13,22,27,29H,11-12,14H2,1-3H3. The van der Waals surface area contributed by atoms with Crippen molar-refractivity contribution in [2.75, 3.05) is 0 Å². The topological polar surface area (TPSA) is 119 Å². The molecule has 0 spiro atoms. The van der Waals surface area contributed by atoms with E-state index in [2.05, 4.69) is 5.32 Å².